The summed E-state index contributed by atoms with van der Waals surface area (Å²) in [5.74, 6) is -0.888. The highest BCUT2D eigenvalue weighted by Gasteiger charge is 1.89. The van der Waals surface area contributed by atoms with Crippen LogP contribution in [0.2, 0.25) is 0 Å². The zero-order valence-corrected chi connectivity index (χ0v) is 11.5. The molecule has 0 amide bonds. The van der Waals surface area contributed by atoms with Crippen molar-refractivity contribution in [2.45, 2.75) is 58.3 Å². The number of allylic oxidation sites excluding steroid dienone is 3. The summed E-state index contributed by atoms with van der Waals surface area (Å²) in [6.07, 6.45) is 16.8. The van der Waals surface area contributed by atoms with Crippen LogP contribution >= 0.6 is 12.4 Å². The maximum absolute atomic E-state index is 10.1. The third-order valence-corrected chi connectivity index (χ3v) is 2.46. The van der Waals surface area contributed by atoms with E-state index in [0.717, 1.165) is 12.5 Å². The summed E-state index contributed by atoms with van der Waals surface area (Å²) in [6.45, 7) is 2.23. The number of halogens is 1. The minimum Gasteiger partial charge on any atom is -0.478 e. The van der Waals surface area contributed by atoms with Crippen molar-refractivity contribution < 1.29 is 9.90 Å². The highest BCUT2D eigenvalue weighted by molar-refractivity contribution is 5.85. The molecule has 0 atom stereocenters. The van der Waals surface area contributed by atoms with Gasteiger partial charge in [-0.1, -0.05) is 63.7 Å². The molecule has 0 bridgehead atoms. The third-order valence-electron chi connectivity index (χ3n) is 2.46. The molecule has 2 nitrogen and oxygen atoms in total. The molecule has 0 spiro atoms. The number of carboxylic acid groups (broad SMARTS) is 1. The Hall–Kier alpha value is -0.760. The van der Waals surface area contributed by atoms with E-state index >= 15 is 0 Å². The molecule has 0 fully saturated rings. The number of carboxylic acids is 1. The van der Waals surface area contributed by atoms with Crippen molar-refractivity contribution in [1.29, 1.82) is 0 Å². The Morgan fingerprint density at radius 2 is 1.59 bits per heavy atom. The molecule has 0 aliphatic carbocycles. The van der Waals surface area contributed by atoms with Crippen LogP contribution in [-0.4, -0.2) is 11.1 Å². The van der Waals surface area contributed by atoms with Crippen molar-refractivity contribution in [3.8, 4) is 0 Å². The molecule has 0 saturated heterocycles. The van der Waals surface area contributed by atoms with Gasteiger partial charge >= 0.3 is 5.97 Å². The lowest BCUT2D eigenvalue weighted by molar-refractivity contribution is -0.131. The van der Waals surface area contributed by atoms with Crippen LogP contribution in [0.4, 0.5) is 0 Å². The summed E-state index contributed by atoms with van der Waals surface area (Å²) in [7, 11) is 0. The normalized spacial score (nSPS) is 10.9. The predicted octanol–water partition coefficient (Wildman–Crippen LogP) is 4.75. The molecule has 0 aromatic carbocycles. The van der Waals surface area contributed by atoms with E-state index in [-0.39, 0.29) is 12.4 Å². The average Bonchev–Trinajstić information content (AvgIpc) is 2.25. The number of hydrogen-bond donors (Lipinski definition) is 1. The van der Waals surface area contributed by atoms with Gasteiger partial charge in [0.2, 0.25) is 0 Å². The number of carbonyl (C=O) groups is 1. The fraction of sp³-hybridized carbons (Fsp3) is 0.643. The van der Waals surface area contributed by atoms with Gasteiger partial charge in [-0.25, -0.2) is 4.79 Å². The lowest BCUT2D eigenvalue weighted by Crippen LogP contribution is -1.84. The molecule has 17 heavy (non-hydrogen) atoms. The molecule has 0 saturated carbocycles. The van der Waals surface area contributed by atoms with E-state index < -0.39 is 5.97 Å². The quantitative estimate of drug-likeness (QED) is 0.350. The van der Waals surface area contributed by atoms with Gasteiger partial charge in [-0.2, -0.15) is 0 Å². The van der Waals surface area contributed by atoms with Gasteiger partial charge < -0.3 is 5.11 Å². The van der Waals surface area contributed by atoms with E-state index in [9.17, 15) is 4.79 Å². The smallest absolute Gasteiger partial charge is 0.328 e. The van der Waals surface area contributed by atoms with E-state index in [4.69, 9.17) is 5.11 Å². The molecule has 0 heterocycles. The Morgan fingerprint density at radius 3 is 2.18 bits per heavy atom. The molecular formula is C14H25ClO2. The van der Waals surface area contributed by atoms with Crippen LogP contribution in [0.15, 0.2) is 24.3 Å². The van der Waals surface area contributed by atoms with Gasteiger partial charge in [0.25, 0.3) is 0 Å². The molecule has 0 aliphatic rings. The van der Waals surface area contributed by atoms with E-state index in [1.165, 1.54) is 44.9 Å². The first-order chi connectivity index (χ1) is 7.77. The molecule has 0 rings (SSSR count). The van der Waals surface area contributed by atoms with Gasteiger partial charge in [0.1, 0.15) is 0 Å². The van der Waals surface area contributed by atoms with Gasteiger partial charge in [-0.15, -0.1) is 12.4 Å². The lowest BCUT2D eigenvalue weighted by Gasteiger charge is -1.98. The second-order valence-corrected chi connectivity index (χ2v) is 4.04. The molecule has 1 N–H and O–H groups in total. The Bertz CT molecular complexity index is 222. The molecule has 0 unspecified atom stereocenters. The third kappa shape index (κ3) is 17.8. The van der Waals surface area contributed by atoms with Crippen molar-refractivity contribution >= 4 is 18.4 Å². The second-order valence-electron chi connectivity index (χ2n) is 4.04. The summed E-state index contributed by atoms with van der Waals surface area (Å²) in [4.78, 5) is 10.1. The highest BCUT2D eigenvalue weighted by Crippen LogP contribution is 2.08. The van der Waals surface area contributed by atoms with Crippen molar-refractivity contribution in [2.75, 3.05) is 0 Å². The number of rotatable bonds is 10. The largest absolute Gasteiger partial charge is 0.478 e. The van der Waals surface area contributed by atoms with Crippen LogP contribution in [0.25, 0.3) is 0 Å². The topological polar surface area (TPSA) is 37.3 Å². The second kappa shape index (κ2) is 15.2. The van der Waals surface area contributed by atoms with Crippen LogP contribution in [0, 0.1) is 0 Å². The Labute approximate surface area is 111 Å². The maximum atomic E-state index is 10.1. The van der Waals surface area contributed by atoms with E-state index in [1.54, 1.807) is 6.08 Å². The van der Waals surface area contributed by atoms with Crippen LogP contribution in [0.5, 0.6) is 0 Å². The Balaban J connectivity index is 0. The fourth-order valence-electron chi connectivity index (χ4n) is 1.53. The minimum atomic E-state index is -0.888. The Morgan fingerprint density at radius 1 is 1.00 bits per heavy atom. The maximum Gasteiger partial charge on any atom is 0.328 e. The fourth-order valence-corrected chi connectivity index (χ4v) is 1.53. The molecule has 0 aromatic rings. The summed E-state index contributed by atoms with van der Waals surface area (Å²) >= 11 is 0. The minimum absolute atomic E-state index is 0. The monoisotopic (exact) mass is 260 g/mol. The van der Waals surface area contributed by atoms with Gasteiger partial charge in [-0.3, -0.25) is 0 Å². The molecular weight excluding hydrogens is 236 g/mol. The Kier molecular flexibility index (Phi) is 16.7. The average molecular weight is 261 g/mol. The molecule has 0 aliphatic heterocycles. The first kappa shape index (κ1) is 18.6. The summed E-state index contributed by atoms with van der Waals surface area (Å²) in [5.41, 5.74) is 0. The van der Waals surface area contributed by atoms with E-state index in [0.29, 0.717) is 0 Å². The van der Waals surface area contributed by atoms with Crippen LogP contribution in [0.1, 0.15) is 58.3 Å². The molecule has 0 aromatic heterocycles. The van der Waals surface area contributed by atoms with Gasteiger partial charge in [0.15, 0.2) is 0 Å². The van der Waals surface area contributed by atoms with Gasteiger partial charge in [0.05, 0.1) is 0 Å². The first-order valence-electron chi connectivity index (χ1n) is 6.33. The zero-order valence-electron chi connectivity index (χ0n) is 10.7. The van der Waals surface area contributed by atoms with Crippen LogP contribution in [-0.2, 0) is 4.79 Å². The standard InChI is InChI=1S/C14H24O2.ClH/c1-2-3-4-5-6-7-8-9-10-11-12-13-14(15)16;/h10-13H,2-9H2,1H3,(H,15,16);1H. The summed E-state index contributed by atoms with van der Waals surface area (Å²) in [5, 5.41) is 8.34. The molecule has 3 heteroatoms. The first-order valence-corrected chi connectivity index (χ1v) is 6.33. The van der Waals surface area contributed by atoms with Crippen molar-refractivity contribution in [3.05, 3.63) is 24.3 Å². The number of aliphatic carboxylic acids is 1. The lowest BCUT2D eigenvalue weighted by atomic mass is 10.1. The van der Waals surface area contributed by atoms with Crippen molar-refractivity contribution in [3.63, 3.8) is 0 Å². The van der Waals surface area contributed by atoms with Crippen molar-refractivity contribution in [1.82, 2.24) is 0 Å². The SMILES string of the molecule is CCCCCCCCCC=CC=CC(=O)O.Cl. The van der Waals surface area contributed by atoms with Gasteiger partial charge in [-0.05, 0) is 12.8 Å². The summed E-state index contributed by atoms with van der Waals surface area (Å²) in [6, 6.07) is 0. The van der Waals surface area contributed by atoms with Crippen LogP contribution < -0.4 is 0 Å². The number of hydrogen-bond acceptors (Lipinski definition) is 1. The highest BCUT2D eigenvalue weighted by atomic mass is 35.5. The van der Waals surface area contributed by atoms with E-state index in [2.05, 4.69) is 6.92 Å². The van der Waals surface area contributed by atoms with Crippen molar-refractivity contribution in [2.24, 2.45) is 0 Å². The zero-order chi connectivity index (χ0) is 12.1. The van der Waals surface area contributed by atoms with Crippen LogP contribution in [0.3, 0.4) is 0 Å². The van der Waals surface area contributed by atoms with E-state index in [1.807, 2.05) is 12.2 Å². The summed E-state index contributed by atoms with van der Waals surface area (Å²) < 4.78 is 0. The molecule has 100 valence electrons. The molecule has 0 radical (unpaired) electrons. The predicted molar refractivity (Wildman–Crippen MR) is 75.8 cm³/mol. The number of unbranched alkanes of at least 4 members (excludes halogenated alkanes) is 7. The van der Waals surface area contributed by atoms with Gasteiger partial charge in [0, 0.05) is 6.08 Å².